The molecule has 1 heterocycles. The Balaban J connectivity index is 2.05. The fraction of sp³-hybridized carbons (Fsp3) is 0.500. The van der Waals surface area contributed by atoms with E-state index >= 15 is 0 Å². The average Bonchev–Trinajstić information content (AvgIpc) is 2.66. The van der Waals surface area contributed by atoms with Crippen LogP contribution >= 0.6 is 0 Å². The van der Waals surface area contributed by atoms with Crippen molar-refractivity contribution in [1.82, 2.24) is 4.57 Å². The van der Waals surface area contributed by atoms with Crippen molar-refractivity contribution >= 4 is 19.0 Å². The first-order chi connectivity index (χ1) is 8.87. The van der Waals surface area contributed by atoms with E-state index < -0.39 is 8.07 Å². The maximum absolute atomic E-state index is 5.84. The molecule has 0 saturated carbocycles. The molecule has 2 aromatic rings. The SMILES string of the molecule is Cc1cc(C)c2ccn(COCC[Si](C)(C)C)c2c1. The van der Waals surface area contributed by atoms with Gasteiger partial charge in [-0.1, -0.05) is 25.7 Å². The molecule has 0 aliphatic rings. The number of aryl methyl sites for hydroxylation is 2. The lowest BCUT2D eigenvalue weighted by molar-refractivity contribution is 0.0902. The number of hydrogen-bond acceptors (Lipinski definition) is 1. The van der Waals surface area contributed by atoms with Gasteiger partial charge < -0.3 is 9.30 Å². The highest BCUT2D eigenvalue weighted by Crippen LogP contribution is 2.22. The fourth-order valence-corrected chi connectivity index (χ4v) is 3.07. The first-order valence-corrected chi connectivity index (χ1v) is 10.7. The van der Waals surface area contributed by atoms with Gasteiger partial charge in [-0.3, -0.25) is 0 Å². The summed E-state index contributed by atoms with van der Waals surface area (Å²) >= 11 is 0. The molecule has 0 bridgehead atoms. The third-order valence-corrected chi connectivity index (χ3v) is 5.17. The van der Waals surface area contributed by atoms with Crippen LogP contribution in [0.2, 0.25) is 25.7 Å². The molecule has 0 amide bonds. The van der Waals surface area contributed by atoms with Gasteiger partial charge in [0.05, 0.1) is 5.52 Å². The number of fused-ring (bicyclic) bond motifs is 1. The van der Waals surface area contributed by atoms with Gasteiger partial charge in [0, 0.05) is 26.3 Å². The number of nitrogens with zero attached hydrogens (tertiary/aromatic N) is 1. The normalized spacial score (nSPS) is 12.3. The molecule has 104 valence electrons. The Kier molecular flexibility index (Phi) is 4.16. The van der Waals surface area contributed by atoms with Crippen LogP contribution in [-0.4, -0.2) is 19.2 Å². The van der Waals surface area contributed by atoms with Crippen LogP contribution in [-0.2, 0) is 11.5 Å². The van der Waals surface area contributed by atoms with Gasteiger partial charge in [-0.25, -0.2) is 0 Å². The van der Waals surface area contributed by atoms with Crippen LogP contribution in [0.25, 0.3) is 10.9 Å². The number of hydrogen-bond donors (Lipinski definition) is 0. The molecule has 0 atom stereocenters. The van der Waals surface area contributed by atoms with E-state index in [2.05, 4.69) is 62.5 Å². The van der Waals surface area contributed by atoms with Gasteiger partial charge in [-0.2, -0.15) is 0 Å². The molecule has 2 rings (SSSR count). The minimum Gasteiger partial charge on any atom is -0.361 e. The van der Waals surface area contributed by atoms with E-state index in [9.17, 15) is 0 Å². The van der Waals surface area contributed by atoms with Crippen LogP contribution in [0.15, 0.2) is 24.4 Å². The Morgan fingerprint density at radius 3 is 2.58 bits per heavy atom. The van der Waals surface area contributed by atoms with Crippen LogP contribution in [0.3, 0.4) is 0 Å². The zero-order valence-corrected chi connectivity index (χ0v) is 13.8. The van der Waals surface area contributed by atoms with Crippen molar-refractivity contribution in [3.05, 3.63) is 35.5 Å². The van der Waals surface area contributed by atoms with Gasteiger partial charge in [-0.15, -0.1) is 0 Å². The van der Waals surface area contributed by atoms with Crippen molar-refractivity contribution in [3.8, 4) is 0 Å². The van der Waals surface area contributed by atoms with Gasteiger partial charge in [0.25, 0.3) is 0 Å². The zero-order valence-electron chi connectivity index (χ0n) is 12.8. The average molecular weight is 275 g/mol. The molecule has 0 aliphatic heterocycles. The molecule has 0 N–H and O–H groups in total. The third kappa shape index (κ3) is 3.70. The molecular formula is C16H25NOSi. The minimum absolute atomic E-state index is 0.664. The van der Waals surface area contributed by atoms with Crippen LogP contribution in [0, 0.1) is 13.8 Å². The van der Waals surface area contributed by atoms with Crippen molar-refractivity contribution in [2.75, 3.05) is 6.61 Å². The summed E-state index contributed by atoms with van der Waals surface area (Å²) in [7, 11) is -0.985. The fourth-order valence-electron chi connectivity index (χ4n) is 2.31. The minimum atomic E-state index is -0.985. The van der Waals surface area contributed by atoms with E-state index in [-0.39, 0.29) is 0 Å². The third-order valence-electron chi connectivity index (χ3n) is 3.47. The van der Waals surface area contributed by atoms with Crippen molar-refractivity contribution in [2.45, 2.75) is 46.3 Å². The topological polar surface area (TPSA) is 14.2 Å². The monoisotopic (exact) mass is 275 g/mol. The number of ether oxygens (including phenoxy) is 1. The van der Waals surface area contributed by atoms with Crippen LogP contribution in [0.5, 0.6) is 0 Å². The summed E-state index contributed by atoms with van der Waals surface area (Å²) < 4.78 is 8.05. The lowest BCUT2D eigenvalue weighted by Crippen LogP contribution is -2.21. The van der Waals surface area contributed by atoms with Crippen molar-refractivity contribution in [1.29, 1.82) is 0 Å². The molecule has 3 heteroatoms. The van der Waals surface area contributed by atoms with E-state index in [4.69, 9.17) is 4.74 Å². The van der Waals surface area contributed by atoms with Gasteiger partial charge in [-0.05, 0) is 43.2 Å². The smallest absolute Gasteiger partial charge is 0.122 e. The summed E-state index contributed by atoms with van der Waals surface area (Å²) in [6.45, 7) is 13.0. The molecule has 2 nitrogen and oxygen atoms in total. The lowest BCUT2D eigenvalue weighted by Gasteiger charge is -2.16. The Morgan fingerprint density at radius 1 is 1.16 bits per heavy atom. The molecule has 0 radical (unpaired) electrons. The van der Waals surface area contributed by atoms with Crippen molar-refractivity contribution < 1.29 is 4.74 Å². The molecule has 1 aromatic carbocycles. The summed E-state index contributed by atoms with van der Waals surface area (Å²) in [5.41, 5.74) is 3.94. The van der Waals surface area contributed by atoms with Crippen LogP contribution in [0.4, 0.5) is 0 Å². The Bertz CT molecular complexity index is 566. The summed E-state index contributed by atoms with van der Waals surface area (Å²) in [5, 5.41) is 1.33. The van der Waals surface area contributed by atoms with Gasteiger partial charge >= 0.3 is 0 Å². The second kappa shape index (κ2) is 5.51. The number of benzene rings is 1. The van der Waals surface area contributed by atoms with Crippen LogP contribution < -0.4 is 0 Å². The van der Waals surface area contributed by atoms with Gasteiger partial charge in [0.1, 0.15) is 6.73 Å². The van der Waals surface area contributed by atoms with Gasteiger partial charge in [0.15, 0.2) is 0 Å². The Morgan fingerprint density at radius 2 is 1.89 bits per heavy atom. The second-order valence-electron chi connectivity index (χ2n) is 6.65. The first kappa shape index (κ1) is 14.3. The second-order valence-corrected chi connectivity index (χ2v) is 12.3. The Hall–Kier alpha value is -1.06. The maximum Gasteiger partial charge on any atom is 0.122 e. The standard InChI is InChI=1S/C16H25NOSi/c1-13-10-14(2)15-6-7-17(16(15)11-13)12-18-8-9-19(3,4)5/h6-7,10-11H,8-9,12H2,1-5H3. The lowest BCUT2D eigenvalue weighted by atomic mass is 10.1. The molecule has 1 aromatic heterocycles. The van der Waals surface area contributed by atoms with Crippen molar-refractivity contribution in [2.24, 2.45) is 0 Å². The number of aromatic nitrogens is 1. The molecule has 0 fully saturated rings. The summed E-state index contributed by atoms with van der Waals surface area (Å²) in [4.78, 5) is 0. The Labute approximate surface area is 117 Å². The van der Waals surface area contributed by atoms with Crippen LogP contribution in [0.1, 0.15) is 11.1 Å². The number of rotatable bonds is 5. The molecule has 0 saturated heterocycles. The predicted octanol–water partition coefficient (Wildman–Crippen LogP) is 4.57. The van der Waals surface area contributed by atoms with Crippen molar-refractivity contribution in [3.63, 3.8) is 0 Å². The van der Waals surface area contributed by atoms with E-state index in [0.717, 1.165) is 6.61 Å². The molecule has 0 aliphatic carbocycles. The quantitative estimate of drug-likeness (QED) is 0.576. The summed E-state index contributed by atoms with van der Waals surface area (Å²) in [6, 6.07) is 7.89. The first-order valence-electron chi connectivity index (χ1n) is 7.01. The molecule has 19 heavy (non-hydrogen) atoms. The van der Waals surface area contributed by atoms with E-state index in [1.54, 1.807) is 0 Å². The maximum atomic E-state index is 5.84. The summed E-state index contributed by atoms with van der Waals surface area (Å²) in [5.74, 6) is 0. The molecule has 0 spiro atoms. The van der Waals surface area contributed by atoms with E-state index in [1.807, 2.05) is 0 Å². The highest BCUT2D eigenvalue weighted by molar-refractivity contribution is 6.76. The predicted molar refractivity (Wildman–Crippen MR) is 85.5 cm³/mol. The largest absolute Gasteiger partial charge is 0.361 e. The summed E-state index contributed by atoms with van der Waals surface area (Å²) in [6.07, 6.45) is 2.13. The molecular weight excluding hydrogens is 250 g/mol. The highest BCUT2D eigenvalue weighted by Gasteiger charge is 2.12. The molecule has 0 unspecified atom stereocenters. The zero-order chi connectivity index (χ0) is 14.0. The van der Waals surface area contributed by atoms with E-state index in [0.29, 0.717) is 6.73 Å². The highest BCUT2D eigenvalue weighted by atomic mass is 28.3. The van der Waals surface area contributed by atoms with Gasteiger partial charge in [0.2, 0.25) is 0 Å². The van der Waals surface area contributed by atoms with E-state index in [1.165, 1.54) is 28.1 Å².